The van der Waals surface area contributed by atoms with Gasteiger partial charge in [0.25, 0.3) is 0 Å². The Labute approximate surface area is 145 Å². The summed E-state index contributed by atoms with van der Waals surface area (Å²) >= 11 is 0. The lowest BCUT2D eigenvalue weighted by Crippen LogP contribution is -2.34. The second kappa shape index (κ2) is 6.84. The maximum Gasteiger partial charge on any atom is 0.329 e. The summed E-state index contributed by atoms with van der Waals surface area (Å²) in [7, 11) is 3.31. The van der Waals surface area contributed by atoms with Crippen molar-refractivity contribution in [2.75, 3.05) is 7.11 Å². The van der Waals surface area contributed by atoms with E-state index >= 15 is 0 Å². The number of ether oxygens (including phenoxy) is 1. The Morgan fingerprint density at radius 2 is 1.76 bits per heavy atom. The number of nitrogens with one attached hydrogen (secondary N) is 1. The highest BCUT2D eigenvalue weighted by Gasteiger charge is 2.17. The molecule has 1 heterocycles. The molecule has 0 radical (unpaired) electrons. The lowest BCUT2D eigenvalue weighted by Gasteiger charge is -2.17. The maximum atomic E-state index is 12.5. The summed E-state index contributed by atoms with van der Waals surface area (Å²) in [5.41, 5.74) is 2.23. The van der Waals surface area contributed by atoms with Gasteiger partial charge in [0.1, 0.15) is 12.3 Å². The number of para-hydroxylation sites is 3. The van der Waals surface area contributed by atoms with Crippen LogP contribution in [0.3, 0.4) is 0 Å². The minimum Gasteiger partial charge on any atom is -0.496 e. The van der Waals surface area contributed by atoms with Crippen LogP contribution in [-0.4, -0.2) is 22.2 Å². The van der Waals surface area contributed by atoms with Crippen molar-refractivity contribution in [3.63, 3.8) is 0 Å². The van der Waals surface area contributed by atoms with Crippen LogP contribution in [0.15, 0.2) is 53.3 Å². The lowest BCUT2D eigenvalue weighted by molar-refractivity contribution is -0.122. The van der Waals surface area contributed by atoms with Gasteiger partial charge in [-0.2, -0.15) is 0 Å². The molecule has 0 saturated carbocycles. The molecular weight excluding hydrogens is 318 g/mol. The molecule has 0 fully saturated rings. The number of amides is 1. The zero-order valence-electron chi connectivity index (χ0n) is 14.5. The molecule has 1 aromatic heterocycles. The minimum atomic E-state index is -0.227. The number of aryl methyl sites for hydroxylation is 1. The molecule has 0 spiro atoms. The average molecular weight is 339 g/mol. The summed E-state index contributed by atoms with van der Waals surface area (Å²) in [6, 6.07) is 14.7. The lowest BCUT2D eigenvalue weighted by atomic mass is 10.1. The molecule has 0 saturated heterocycles. The van der Waals surface area contributed by atoms with Crippen LogP contribution < -0.4 is 15.7 Å². The third kappa shape index (κ3) is 3.15. The molecule has 25 heavy (non-hydrogen) atoms. The van der Waals surface area contributed by atoms with E-state index in [0.29, 0.717) is 0 Å². The fraction of sp³-hybridized carbons (Fsp3) is 0.263. The van der Waals surface area contributed by atoms with Crippen molar-refractivity contribution in [2.45, 2.75) is 19.5 Å². The van der Waals surface area contributed by atoms with Crippen LogP contribution in [-0.2, 0) is 18.4 Å². The summed E-state index contributed by atoms with van der Waals surface area (Å²) in [4.78, 5) is 24.9. The van der Waals surface area contributed by atoms with Gasteiger partial charge in [-0.1, -0.05) is 30.3 Å². The van der Waals surface area contributed by atoms with Crippen LogP contribution in [0.25, 0.3) is 11.0 Å². The second-order valence-corrected chi connectivity index (χ2v) is 5.95. The van der Waals surface area contributed by atoms with E-state index in [1.807, 2.05) is 55.5 Å². The first-order valence-corrected chi connectivity index (χ1v) is 8.09. The average Bonchev–Trinajstić information content (AvgIpc) is 2.87. The summed E-state index contributed by atoms with van der Waals surface area (Å²) in [6.07, 6.45) is 0. The Kier molecular flexibility index (Phi) is 4.61. The number of rotatable bonds is 5. The highest BCUT2D eigenvalue weighted by molar-refractivity contribution is 5.81. The number of nitrogens with zero attached hydrogens (tertiary/aromatic N) is 2. The standard InChI is InChI=1S/C19H21N3O3/c1-13(14-8-4-7-11-17(14)25-3)20-18(23)12-22-16-10-6-5-9-15(16)21(2)19(22)24/h4-11,13H,12H2,1-3H3,(H,20,23)/t13-/m0/s1. The van der Waals surface area contributed by atoms with Gasteiger partial charge in [0, 0.05) is 12.6 Å². The molecular formula is C19H21N3O3. The minimum absolute atomic E-state index is 0.0281. The molecule has 1 amide bonds. The predicted octanol–water partition coefficient (Wildman–Crippen LogP) is 2.23. The molecule has 2 aromatic carbocycles. The molecule has 0 aliphatic rings. The molecule has 0 unspecified atom stereocenters. The van der Waals surface area contributed by atoms with Crippen LogP contribution in [0.2, 0.25) is 0 Å². The van der Waals surface area contributed by atoms with E-state index in [4.69, 9.17) is 4.74 Å². The van der Waals surface area contributed by atoms with Crippen molar-refractivity contribution < 1.29 is 9.53 Å². The highest BCUT2D eigenvalue weighted by atomic mass is 16.5. The van der Waals surface area contributed by atoms with Gasteiger partial charge in [-0.25, -0.2) is 4.79 Å². The number of carbonyl (C=O) groups is 1. The van der Waals surface area contributed by atoms with Gasteiger partial charge in [-0.05, 0) is 25.1 Å². The highest BCUT2D eigenvalue weighted by Crippen LogP contribution is 2.24. The zero-order valence-corrected chi connectivity index (χ0v) is 14.5. The molecule has 1 atom stereocenters. The van der Waals surface area contributed by atoms with Gasteiger partial charge in [-0.3, -0.25) is 13.9 Å². The molecule has 3 aromatic rings. The molecule has 0 aliphatic heterocycles. The van der Waals surface area contributed by atoms with E-state index in [0.717, 1.165) is 22.3 Å². The van der Waals surface area contributed by atoms with E-state index < -0.39 is 0 Å². The quantitative estimate of drug-likeness (QED) is 0.775. The van der Waals surface area contributed by atoms with E-state index in [9.17, 15) is 9.59 Å². The van der Waals surface area contributed by atoms with Crippen molar-refractivity contribution >= 4 is 16.9 Å². The fourth-order valence-electron chi connectivity index (χ4n) is 3.05. The van der Waals surface area contributed by atoms with Crippen LogP contribution in [0.4, 0.5) is 0 Å². The van der Waals surface area contributed by atoms with E-state index in [2.05, 4.69) is 5.32 Å². The van der Waals surface area contributed by atoms with Crippen LogP contribution >= 0.6 is 0 Å². The molecule has 0 bridgehead atoms. The smallest absolute Gasteiger partial charge is 0.329 e. The normalized spacial score (nSPS) is 12.1. The van der Waals surface area contributed by atoms with E-state index in [-0.39, 0.29) is 24.2 Å². The first kappa shape index (κ1) is 16.8. The summed E-state index contributed by atoms with van der Waals surface area (Å²) in [5, 5.41) is 2.93. The van der Waals surface area contributed by atoms with Crippen molar-refractivity contribution in [2.24, 2.45) is 7.05 Å². The monoisotopic (exact) mass is 339 g/mol. The molecule has 1 N–H and O–H groups in total. The van der Waals surface area contributed by atoms with Gasteiger partial charge in [0.05, 0.1) is 24.2 Å². The van der Waals surface area contributed by atoms with Crippen LogP contribution in [0, 0.1) is 0 Å². The van der Waals surface area contributed by atoms with Crippen molar-refractivity contribution in [3.8, 4) is 5.75 Å². The van der Waals surface area contributed by atoms with Gasteiger partial charge < -0.3 is 10.1 Å². The fourth-order valence-corrected chi connectivity index (χ4v) is 3.05. The number of benzene rings is 2. The Morgan fingerprint density at radius 1 is 1.12 bits per heavy atom. The Morgan fingerprint density at radius 3 is 2.48 bits per heavy atom. The maximum absolute atomic E-state index is 12.5. The summed E-state index contributed by atoms with van der Waals surface area (Å²) in [5.74, 6) is 0.495. The second-order valence-electron chi connectivity index (χ2n) is 5.95. The summed E-state index contributed by atoms with van der Waals surface area (Å²) in [6.45, 7) is 1.86. The van der Waals surface area contributed by atoms with Crippen molar-refractivity contribution in [3.05, 3.63) is 64.6 Å². The van der Waals surface area contributed by atoms with Gasteiger partial charge in [-0.15, -0.1) is 0 Å². The number of hydrogen-bond donors (Lipinski definition) is 1. The van der Waals surface area contributed by atoms with Crippen molar-refractivity contribution in [1.82, 2.24) is 14.5 Å². The molecule has 3 rings (SSSR count). The zero-order chi connectivity index (χ0) is 18.0. The van der Waals surface area contributed by atoms with Gasteiger partial charge in [0.15, 0.2) is 0 Å². The first-order valence-electron chi connectivity index (χ1n) is 8.09. The molecule has 0 aliphatic carbocycles. The Bertz CT molecular complexity index is 971. The van der Waals surface area contributed by atoms with E-state index in [1.54, 1.807) is 18.7 Å². The number of aromatic nitrogens is 2. The van der Waals surface area contributed by atoms with E-state index in [1.165, 1.54) is 4.57 Å². The molecule has 6 nitrogen and oxygen atoms in total. The van der Waals surface area contributed by atoms with Crippen LogP contribution in [0.1, 0.15) is 18.5 Å². The Hall–Kier alpha value is -3.02. The largest absolute Gasteiger partial charge is 0.496 e. The van der Waals surface area contributed by atoms with Gasteiger partial charge >= 0.3 is 5.69 Å². The first-order chi connectivity index (χ1) is 12.0. The van der Waals surface area contributed by atoms with Crippen LogP contribution in [0.5, 0.6) is 5.75 Å². The molecule has 130 valence electrons. The third-order valence-corrected chi connectivity index (χ3v) is 4.34. The number of fused-ring (bicyclic) bond motifs is 1. The summed E-state index contributed by atoms with van der Waals surface area (Å²) < 4.78 is 8.37. The number of hydrogen-bond acceptors (Lipinski definition) is 3. The number of methoxy groups -OCH3 is 1. The number of imidazole rings is 1. The van der Waals surface area contributed by atoms with Gasteiger partial charge in [0.2, 0.25) is 5.91 Å². The Balaban J connectivity index is 1.82. The topological polar surface area (TPSA) is 65.3 Å². The predicted molar refractivity (Wildman–Crippen MR) is 96.7 cm³/mol. The molecule has 6 heteroatoms. The van der Waals surface area contributed by atoms with Crippen molar-refractivity contribution in [1.29, 1.82) is 0 Å². The third-order valence-electron chi connectivity index (χ3n) is 4.34. The number of carbonyl (C=O) groups excluding carboxylic acids is 1. The SMILES string of the molecule is COc1ccccc1[C@H](C)NC(=O)Cn1c(=O)n(C)c2ccccc21.